The van der Waals surface area contributed by atoms with Crippen LogP contribution in [0.4, 0.5) is 13.2 Å². The van der Waals surface area contributed by atoms with Crippen LogP contribution in [0.25, 0.3) is 0 Å². The fourth-order valence-electron chi connectivity index (χ4n) is 6.63. The van der Waals surface area contributed by atoms with Gasteiger partial charge in [-0.15, -0.1) is 0 Å². The van der Waals surface area contributed by atoms with E-state index in [4.69, 9.17) is 27.9 Å². The van der Waals surface area contributed by atoms with E-state index in [1.807, 2.05) is 0 Å². The van der Waals surface area contributed by atoms with Gasteiger partial charge in [-0.3, -0.25) is 14.3 Å². The minimum absolute atomic E-state index is 0.0362. The van der Waals surface area contributed by atoms with E-state index in [0.717, 1.165) is 29.3 Å². The average molecular weight is 661 g/mol. The molecule has 12 heteroatoms. The third-order valence-electron chi connectivity index (χ3n) is 9.40. The molecule has 1 aromatic heterocycles. The molecule has 44 heavy (non-hydrogen) atoms. The van der Waals surface area contributed by atoms with Gasteiger partial charge in [0.15, 0.2) is 5.69 Å². The number of aliphatic hydroxyl groups is 1. The Labute approximate surface area is 267 Å². The topological polar surface area (TPSA) is 84.7 Å². The number of nitrogens with zero attached hydrogens (tertiary/aromatic N) is 3. The number of alkyl halides is 3. The number of aliphatic hydroxyl groups excluding tert-OH is 1. The maximum absolute atomic E-state index is 14.7. The molecule has 2 saturated carbocycles. The molecule has 1 amide bonds. The van der Waals surface area contributed by atoms with Crippen molar-refractivity contribution in [1.82, 2.24) is 14.7 Å². The number of carbonyl (C=O) groups is 2. The van der Waals surface area contributed by atoms with E-state index in [9.17, 15) is 27.9 Å². The fourth-order valence-corrected chi connectivity index (χ4v) is 7.48. The van der Waals surface area contributed by atoms with Crippen molar-refractivity contribution in [3.8, 4) is 0 Å². The number of benzene rings is 1. The van der Waals surface area contributed by atoms with Gasteiger partial charge in [-0.05, 0) is 95.2 Å². The number of aryl methyl sites for hydroxylation is 1. The molecule has 1 N–H and O–H groups in total. The molecule has 0 aliphatic heterocycles. The molecule has 0 bridgehead atoms. The van der Waals surface area contributed by atoms with E-state index in [1.165, 1.54) is 4.90 Å². The lowest BCUT2D eigenvalue weighted by Gasteiger charge is -2.41. The highest BCUT2D eigenvalue weighted by atomic mass is 35.5. The van der Waals surface area contributed by atoms with Crippen molar-refractivity contribution in [1.29, 1.82) is 0 Å². The summed E-state index contributed by atoms with van der Waals surface area (Å²) in [4.78, 5) is 28.0. The van der Waals surface area contributed by atoms with Crippen molar-refractivity contribution in [2.45, 2.75) is 110 Å². The van der Waals surface area contributed by atoms with Gasteiger partial charge in [0.2, 0.25) is 0 Å². The monoisotopic (exact) mass is 659 g/mol. The first-order valence-corrected chi connectivity index (χ1v) is 16.0. The van der Waals surface area contributed by atoms with Gasteiger partial charge in [0.05, 0.1) is 42.5 Å². The number of rotatable bonds is 8. The molecule has 2 aromatic rings. The van der Waals surface area contributed by atoms with Gasteiger partial charge in [-0.2, -0.15) is 18.3 Å². The van der Waals surface area contributed by atoms with Crippen molar-refractivity contribution >= 4 is 35.1 Å². The molecule has 4 rings (SSSR count). The average Bonchev–Trinajstić information content (AvgIpc) is 3.38. The molecule has 0 saturated heterocycles. The second-order valence-corrected chi connectivity index (χ2v) is 14.2. The van der Waals surface area contributed by atoms with E-state index in [2.05, 4.69) is 18.9 Å². The lowest BCUT2D eigenvalue weighted by atomic mass is 9.74. The van der Waals surface area contributed by atoms with Crippen LogP contribution < -0.4 is 0 Å². The SMILES string of the molecule is CCOC(=O)[C@]1(C)CC[C@@H](n2ncc(C(=O)N(C[C@H](O)c3c(Cl)cc(C)cc3Cl)C3CCC(C)(C)CC3)c2C(F)(F)F)CC1. The van der Waals surface area contributed by atoms with Crippen molar-refractivity contribution < 1.29 is 32.6 Å². The summed E-state index contributed by atoms with van der Waals surface area (Å²) in [6.45, 7) is 9.48. The van der Waals surface area contributed by atoms with Crippen LogP contribution in [0, 0.1) is 17.8 Å². The first-order chi connectivity index (χ1) is 20.5. The quantitative estimate of drug-likeness (QED) is 0.288. The maximum Gasteiger partial charge on any atom is 0.433 e. The van der Waals surface area contributed by atoms with Crippen LogP contribution >= 0.6 is 23.2 Å². The third-order valence-corrected chi connectivity index (χ3v) is 10.0. The molecular weight excluding hydrogens is 618 g/mol. The summed E-state index contributed by atoms with van der Waals surface area (Å²) < 4.78 is 50.3. The number of hydrogen-bond donors (Lipinski definition) is 1. The smallest absolute Gasteiger partial charge is 0.433 e. The molecule has 1 aromatic carbocycles. The predicted octanol–water partition coefficient (Wildman–Crippen LogP) is 8.35. The zero-order valence-corrected chi connectivity index (χ0v) is 27.5. The summed E-state index contributed by atoms with van der Waals surface area (Å²) >= 11 is 12.9. The summed E-state index contributed by atoms with van der Waals surface area (Å²) in [7, 11) is 0. The minimum Gasteiger partial charge on any atom is -0.466 e. The summed E-state index contributed by atoms with van der Waals surface area (Å²) in [6, 6.07) is 2.25. The number of halogens is 5. The van der Waals surface area contributed by atoms with Crippen LogP contribution in [-0.2, 0) is 15.7 Å². The summed E-state index contributed by atoms with van der Waals surface area (Å²) in [5.74, 6) is -1.21. The number of carbonyl (C=O) groups excluding carboxylic acids is 2. The van der Waals surface area contributed by atoms with Gasteiger partial charge in [0, 0.05) is 21.7 Å². The first-order valence-electron chi connectivity index (χ1n) is 15.2. The van der Waals surface area contributed by atoms with Gasteiger partial charge in [0.25, 0.3) is 5.91 Å². The zero-order chi connectivity index (χ0) is 32.6. The molecule has 1 atom stereocenters. The molecule has 2 fully saturated rings. The van der Waals surface area contributed by atoms with Crippen LogP contribution in [0.1, 0.15) is 118 Å². The van der Waals surface area contributed by atoms with E-state index in [1.54, 1.807) is 32.9 Å². The number of esters is 1. The molecule has 0 radical (unpaired) electrons. The fraction of sp³-hybridized carbons (Fsp3) is 0.656. The summed E-state index contributed by atoms with van der Waals surface area (Å²) in [6.07, 6.45) is -1.28. The van der Waals surface area contributed by atoms with Crippen LogP contribution in [0.5, 0.6) is 0 Å². The van der Waals surface area contributed by atoms with E-state index in [-0.39, 0.29) is 53.0 Å². The normalized spacial score (nSPS) is 23.3. The van der Waals surface area contributed by atoms with Gasteiger partial charge in [0.1, 0.15) is 0 Å². The molecular formula is C32H42Cl2F3N3O4. The Hall–Kier alpha value is -2.30. The van der Waals surface area contributed by atoms with Crippen molar-refractivity contribution in [3.63, 3.8) is 0 Å². The van der Waals surface area contributed by atoms with Crippen molar-refractivity contribution in [2.75, 3.05) is 13.2 Å². The highest BCUT2D eigenvalue weighted by Crippen LogP contribution is 2.45. The summed E-state index contributed by atoms with van der Waals surface area (Å²) in [5, 5.41) is 15.8. The van der Waals surface area contributed by atoms with Crippen molar-refractivity contribution in [2.24, 2.45) is 10.8 Å². The van der Waals surface area contributed by atoms with E-state index < -0.39 is 46.9 Å². The summed E-state index contributed by atoms with van der Waals surface area (Å²) in [5.41, 5.74) is -1.41. The van der Waals surface area contributed by atoms with Crippen molar-refractivity contribution in [3.05, 3.63) is 50.8 Å². The minimum atomic E-state index is -4.87. The largest absolute Gasteiger partial charge is 0.466 e. The van der Waals surface area contributed by atoms with Crippen LogP contribution in [0.3, 0.4) is 0 Å². The molecule has 7 nitrogen and oxygen atoms in total. The Morgan fingerprint density at radius 2 is 1.66 bits per heavy atom. The lowest BCUT2D eigenvalue weighted by molar-refractivity contribution is -0.157. The van der Waals surface area contributed by atoms with Gasteiger partial charge in [-0.25, -0.2) is 0 Å². The molecule has 2 aliphatic carbocycles. The van der Waals surface area contributed by atoms with Gasteiger partial charge in [-0.1, -0.05) is 37.0 Å². The molecule has 1 heterocycles. The number of aromatic nitrogens is 2. The molecule has 2 aliphatic rings. The first kappa shape index (κ1) is 34.6. The maximum atomic E-state index is 14.7. The van der Waals surface area contributed by atoms with Gasteiger partial charge >= 0.3 is 12.1 Å². The molecule has 244 valence electrons. The van der Waals surface area contributed by atoms with Crippen LogP contribution in [0.15, 0.2) is 18.3 Å². The Bertz CT molecular complexity index is 1340. The molecule has 0 spiro atoms. The zero-order valence-electron chi connectivity index (χ0n) is 25.9. The highest BCUT2D eigenvalue weighted by Gasteiger charge is 2.46. The Balaban J connectivity index is 1.67. The third kappa shape index (κ3) is 7.39. The predicted molar refractivity (Wildman–Crippen MR) is 163 cm³/mol. The number of hydrogen-bond acceptors (Lipinski definition) is 5. The number of ether oxygens (including phenoxy) is 1. The Morgan fingerprint density at radius 3 is 2.18 bits per heavy atom. The Morgan fingerprint density at radius 1 is 1.09 bits per heavy atom. The van der Waals surface area contributed by atoms with Gasteiger partial charge < -0.3 is 14.7 Å². The highest BCUT2D eigenvalue weighted by molar-refractivity contribution is 6.36. The second-order valence-electron chi connectivity index (χ2n) is 13.4. The van der Waals surface area contributed by atoms with Crippen LogP contribution in [0.2, 0.25) is 10.0 Å². The Kier molecular flexibility index (Phi) is 10.4. The standard InChI is InChI=1S/C32H42Cl2F3N3O4/c1-6-44-29(43)31(5)13-9-21(10-14-31)40-27(32(35,36)37)22(17-38-40)28(42)39(20-7-11-30(3,4)12-8-20)18-25(41)26-23(33)15-19(2)16-24(26)34/h15-17,20-21,25,41H,6-14,18H2,1-5H3/t21-,25-,31-/m0/s1. The number of amides is 1. The lowest BCUT2D eigenvalue weighted by Crippen LogP contribution is -2.46. The van der Waals surface area contributed by atoms with E-state index in [0.29, 0.717) is 25.7 Å². The van der Waals surface area contributed by atoms with E-state index >= 15 is 0 Å². The molecule has 0 unspecified atom stereocenters. The second kappa shape index (κ2) is 13.2. The van der Waals surface area contributed by atoms with Crippen LogP contribution in [-0.4, -0.2) is 50.9 Å².